The molecule has 76 valence electrons. The van der Waals surface area contributed by atoms with Gasteiger partial charge < -0.3 is 5.73 Å². The third-order valence-corrected chi connectivity index (χ3v) is 2.47. The van der Waals surface area contributed by atoms with Crippen LogP contribution in [0.1, 0.15) is 5.69 Å². The molecule has 0 unspecified atom stereocenters. The zero-order valence-electron chi connectivity index (χ0n) is 7.72. The van der Waals surface area contributed by atoms with Crippen molar-refractivity contribution in [1.82, 2.24) is 9.55 Å². The van der Waals surface area contributed by atoms with Gasteiger partial charge in [-0.25, -0.2) is 4.98 Å². The zero-order chi connectivity index (χ0) is 10.8. The molecule has 0 fully saturated rings. The van der Waals surface area contributed by atoms with E-state index in [1.165, 1.54) is 0 Å². The minimum absolute atomic E-state index is 0.321. The lowest BCUT2D eigenvalue weighted by Crippen LogP contribution is -2.15. The molecule has 0 aromatic carbocycles. The largest absolute Gasteiger partial charge is 0.388 e. The van der Waals surface area contributed by atoms with Crippen LogP contribution in [0.2, 0.25) is 5.02 Å². The Balaban J connectivity index is 2.59. The summed E-state index contributed by atoms with van der Waals surface area (Å²) in [5.74, 6) is 0.631. The minimum atomic E-state index is 0.321. The normalized spacial score (nSPS) is 10.2. The fraction of sp³-hybridized carbons (Fsp3) is 0. The van der Waals surface area contributed by atoms with E-state index >= 15 is 0 Å². The topological polar surface area (TPSA) is 43.8 Å². The Kier molecular flexibility index (Phi) is 2.70. The van der Waals surface area contributed by atoms with Crippen LogP contribution in [0.4, 0.5) is 0 Å². The van der Waals surface area contributed by atoms with Gasteiger partial charge in [-0.15, -0.1) is 0 Å². The van der Waals surface area contributed by atoms with E-state index in [0.717, 1.165) is 5.69 Å². The van der Waals surface area contributed by atoms with Gasteiger partial charge in [-0.05, 0) is 24.3 Å². The number of hydrogen-bond acceptors (Lipinski definition) is 2. The van der Waals surface area contributed by atoms with Crippen molar-refractivity contribution in [2.24, 2.45) is 5.73 Å². The summed E-state index contributed by atoms with van der Waals surface area (Å²) >= 11 is 11.0. The molecule has 2 N–H and O–H groups in total. The van der Waals surface area contributed by atoms with Crippen LogP contribution in [0.3, 0.4) is 0 Å². The van der Waals surface area contributed by atoms with Crippen LogP contribution in [-0.4, -0.2) is 14.5 Å². The van der Waals surface area contributed by atoms with Crippen molar-refractivity contribution in [3.05, 3.63) is 47.4 Å². The van der Waals surface area contributed by atoms with Gasteiger partial charge in [0.15, 0.2) is 5.82 Å². The first-order valence-corrected chi connectivity index (χ1v) is 5.07. The predicted molar refractivity (Wildman–Crippen MR) is 64.5 cm³/mol. The molecule has 0 aliphatic heterocycles. The highest BCUT2D eigenvalue weighted by Crippen LogP contribution is 2.19. The van der Waals surface area contributed by atoms with Gasteiger partial charge in [-0.1, -0.05) is 23.8 Å². The average Bonchev–Trinajstić information content (AvgIpc) is 2.67. The lowest BCUT2D eigenvalue weighted by atomic mass is 10.4. The molecule has 0 aliphatic rings. The Labute approximate surface area is 97.5 Å². The molecule has 0 radical (unpaired) electrons. The fourth-order valence-electron chi connectivity index (χ4n) is 1.32. The third kappa shape index (κ3) is 1.86. The highest BCUT2D eigenvalue weighted by molar-refractivity contribution is 7.80. The molecule has 0 bridgehead atoms. The summed E-state index contributed by atoms with van der Waals surface area (Å²) < 4.78 is 1.77. The van der Waals surface area contributed by atoms with Crippen molar-refractivity contribution in [2.75, 3.05) is 0 Å². The lowest BCUT2D eigenvalue weighted by Gasteiger charge is -2.07. The number of thiocarbonyl (C=S) groups is 1. The molecule has 0 saturated heterocycles. The number of aromatic nitrogens is 2. The Hall–Kier alpha value is -1.39. The van der Waals surface area contributed by atoms with Crippen LogP contribution < -0.4 is 5.73 Å². The quantitative estimate of drug-likeness (QED) is 0.815. The SMILES string of the molecule is NC(=S)c1cccn1-c1ncccc1Cl. The molecule has 0 amide bonds. The van der Waals surface area contributed by atoms with Gasteiger partial charge >= 0.3 is 0 Å². The van der Waals surface area contributed by atoms with Crippen molar-refractivity contribution in [3.63, 3.8) is 0 Å². The number of pyridine rings is 1. The van der Waals surface area contributed by atoms with E-state index in [1.807, 2.05) is 18.3 Å². The maximum absolute atomic E-state index is 6.02. The molecular weight excluding hydrogens is 230 g/mol. The Bertz CT molecular complexity index is 507. The van der Waals surface area contributed by atoms with Gasteiger partial charge in [0.1, 0.15) is 4.99 Å². The molecule has 2 aromatic rings. The molecule has 0 aliphatic carbocycles. The predicted octanol–water partition coefficient (Wildman–Crippen LogP) is 2.16. The number of halogens is 1. The first kappa shape index (κ1) is 10.1. The second-order valence-corrected chi connectivity index (χ2v) is 3.78. The van der Waals surface area contributed by atoms with E-state index < -0.39 is 0 Å². The monoisotopic (exact) mass is 237 g/mol. The molecule has 2 rings (SSSR count). The van der Waals surface area contributed by atoms with Crippen LogP contribution in [0, 0.1) is 0 Å². The molecule has 0 atom stereocenters. The smallest absolute Gasteiger partial charge is 0.155 e. The highest BCUT2D eigenvalue weighted by atomic mass is 35.5. The molecule has 0 saturated carbocycles. The summed E-state index contributed by atoms with van der Waals surface area (Å²) in [5.41, 5.74) is 6.31. The summed E-state index contributed by atoms with van der Waals surface area (Å²) in [6.45, 7) is 0. The van der Waals surface area contributed by atoms with Gasteiger partial charge in [0, 0.05) is 12.4 Å². The minimum Gasteiger partial charge on any atom is -0.388 e. The molecule has 15 heavy (non-hydrogen) atoms. The Morgan fingerprint density at radius 2 is 2.20 bits per heavy atom. The van der Waals surface area contributed by atoms with Crippen molar-refractivity contribution in [3.8, 4) is 5.82 Å². The van der Waals surface area contributed by atoms with Crippen LogP contribution in [0.15, 0.2) is 36.7 Å². The zero-order valence-corrected chi connectivity index (χ0v) is 9.29. The number of hydrogen-bond donors (Lipinski definition) is 1. The molecule has 3 nitrogen and oxygen atoms in total. The van der Waals surface area contributed by atoms with Crippen molar-refractivity contribution in [1.29, 1.82) is 0 Å². The first-order chi connectivity index (χ1) is 7.20. The maximum Gasteiger partial charge on any atom is 0.155 e. The fourth-order valence-corrected chi connectivity index (χ4v) is 1.70. The van der Waals surface area contributed by atoms with Crippen LogP contribution in [0.5, 0.6) is 0 Å². The van der Waals surface area contributed by atoms with E-state index in [0.29, 0.717) is 15.8 Å². The molecule has 2 heterocycles. The molecular formula is C10H8ClN3S. The van der Waals surface area contributed by atoms with Crippen LogP contribution in [0.25, 0.3) is 5.82 Å². The van der Waals surface area contributed by atoms with Crippen LogP contribution >= 0.6 is 23.8 Å². The molecule has 5 heteroatoms. The van der Waals surface area contributed by atoms with Crippen LogP contribution in [-0.2, 0) is 0 Å². The summed E-state index contributed by atoms with van der Waals surface area (Å²) in [6, 6.07) is 7.22. The van der Waals surface area contributed by atoms with E-state index in [-0.39, 0.29) is 0 Å². The summed E-state index contributed by atoms with van der Waals surface area (Å²) in [6.07, 6.45) is 3.49. The summed E-state index contributed by atoms with van der Waals surface area (Å²) in [5, 5.41) is 0.561. The van der Waals surface area contributed by atoms with E-state index in [2.05, 4.69) is 4.98 Å². The average molecular weight is 238 g/mol. The van der Waals surface area contributed by atoms with Gasteiger partial charge in [-0.3, -0.25) is 4.57 Å². The van der Waals surface area contributed by atoms with Crippen molar-refractivity contribution in [2.45, 2.75) is 0 Å². The van der Waals surface area contributed by atoms with Gasteiger partial charge in [-0.2, -0.15) is 0 Å². The second kappa shape index (κ2) is 4.00. The van der Waals surface area contributed by atoms with E-state index in [1.54, 1.807) is 22.9 Å². The standard InChI is InChI=1S/C10H8ClN3S/c11-7-3-1-5-13-10(7)14-6-2-4-8(14)9(12)15/h1-6H,(H2,12,15). The second-order valence-electron chi connectivity index (χ2n) is 2.94. The van der Waals surface area contributed by atoms with E-state index in [9.17, 15) is 0 Å². The molecule has 0 spiro atoms. The van der Waals surface area contributed by atoms with Gasteiger partial charge in [0.25, 0.3) is 0 Å². The van der Waals surface area contributed by atoms with Crippen molar-refractivity contribution < 1.29 is 0 Å². The summed E-state index contributed by atoms with van der Waals surface area (Å²) in [4.78, 5) is 4.50. The number of nitrogens with two attached hydrogens (primary N) is 1. The van der Waals surface area contributed by atoms with E-state index in [4.69, 9.17) is 29.6 Å². The van der Waals surface area contributed by atoms with Crippen molar-refractivity contribution >= 4 is 28.8 Å². The number of rotatable bonds is 2. The first-order valence-electron chi connectivity index (χ1n) is 4.28. The van der Waals surface area contributed by atoms with Gasteiger partial charge in [0.2, 0.25) is 0 Å². The summed E-state index contributed by atoms with van der Waals surface area (Å²) in [7, 11) is 0. The lowest BCUT2D eigenvalue weighted by molar-refractivity contribution is 0.997. The van der Waals surface area contributed by atoms with Gasteiger partial charge in [0.05, 0.1) is 10.7 Å². The Morgan fingerprint density at radius 3 is 2.87 bits per heavy atom. The maximum atomic E-state index is 6.02. The molecule has 2 aromatic heterocycles. The highest BCUT2D eigenvalue weighted by Gasteiger charge is 2.08. The Morgan fingerprint density at radius 1 is 1.40 bits per heavy atom. The third-order valence-electron chi connectivity index (χ3n) is 1.97. The number of nitrogens with zero attached hydrogens (tertiary/aromatic N) is 2.